The summed E-state index contributed by atoms with van der Waals surface area (Å²) in [7, 11) is 0. The van der Waals surface area contributed by atoms with Gasteiger partial charge in [-0.3, -0.25) is 4.79 Å². The van der Waals surface area contributed by atoms with Crippen LogP contribution in [-0.4, -0.2) is 16.1 Å². The highest BCUT2D eigenvalue weighted by molar-refractivity contribution is 5.85. The lowest BCUT2D eigenvalue weighted by atomic mass is 9.68. The van der Waals surface area contributed by atoms with Crippen LogP contribution in [0.1, 0.15) is 50.3 Å². The first-order valence-electron chi connectivity index (χ1n) is 7.48. The summed E-state index contributed by atoms with van der Waals surface area (Å²) in [6, 6.07) is 8.32. The van der Waals surface area contributed by atoms with Gasteiger partial charge in [-0.25, -0.2) is 0 Å². The molecule has 0 radical (unpaired) electrons. The zero-order valence-corrected chi connectivity index (χ0v) is 11.9. The Hall–Kier alpha value is -1.77. The molecule has 0 saturated carbocycles. The van der Waals surface area contributed by atoms with Crippen molar-refractivity contribution in [1.29, 1.82) is 0 Å². The lowest BCUT2D eigenvalue weighted by molar-refractivity contribution is -0.138. The van der Waals surface area contributed by atoms with E-state index < -0.39 is 5.97 Å². The summed E-state index contributed by atoms with van der Waals surface area (Å²) < 4.78 is 0. The Morgan fingerprint density at radius 2 is 2.20 bits per heavy atom. The highest BCUT2D eigenvalue weighted by Gasteiger charge is 2.39. The fourth-order valence-corrected chi connectivity index (χ4v) is 3.92. The monoisotopic (exact) mass is 271 g/mol. The predicted molar refractivity (Wildman–Crippen MR) is 80.1 cm³/mol. The number of carbonyl (C=O) groups is 1. The fraction of sp³-hybridized carbons (Fsp3) is 0.471. The molecule has 0 spiro atoms. The van der Waals surface area contributed by atoms with Crippen molar-refractivity contribution in [3.05, 3.63) is 35.5 Å². The van der Waals surface area contributed by atoms with Gasteiger partial charge in [-0.15, -0.1) is 0 Å². The number of hydrogen-bond acceptors (Lipinski definition) is 1. The van der Waals surface area contributed by atoms with Crippen molar-refractivity contribution in [3.8, 4) is 0 Å². The molecule has 0 unspecified atom stereocenters. The van der Waals surface area contributed by atoms with Gasteiger partial charge < -0.3 is 10.1 Å². The molecule has 3 nitrogen and oxygen atoms in total. The topological polar surface area (TPSA) is 53.1 Å². The second-order valence-electron chi connectivity index (χ2n) is 5.98. The third-order valence-corrected chi connectivity index (χ3v) is 4.64. The quantitative estimate of drug-likeness (QED) is 0.882. The SMILES string of the molecule is CCC[C@]1(CC(=O)O)CCCc2c1[nH]c1ccccc21. The Morgan fingerprint density at radius 3 is 2.95 bits per heavy atom. The van der Waals surface area contributed by atoms with Crippen molar-refractivity contribution < 1.29 is 9.90 Å². The molecule has 1 aromatic carbocycles. The number of aryl methyl sites for hydroxylation is 1. The minimum atomic E-state index is -0.690. The van der Waals surface area contributed by atoms with Gasteiger partial charge in [0.1, 0.15) is 0 Å². The maximum atomic E-state index is 11.4. The van der Waals surface area contributed by atoms with E-state index in [0.717, 1.165) is 37.6 Å². The van der Waals surface area contributed by atoms with Gasteiger partial charge in [-0.05, 0) is 37.3 Å². The minimum absolute atomic E-state index is 0.201. The molecule has 3 rings (SSSR count). The number of aromatic nitrogens is 1. The summed E-state index contributed by atoms with van der Waals surface area (Å²) in [6.07, 6.45) is 5.32. The molecule has 0 aliphatic heterocycles. The zero-order chi connectivity index (χ0) is 14.2. The summed E-state index contributed by atoms with van der Waals surface area (Å²) in [4.78, 5) is 14.9. The maximum Gasteiger partial charge on any atom is 0.304 e. The summed E-state index contributed by atoms with van der Waals surface area (Å²) in [5.74, 6) is -0.690. The molecule has 20 heavy (non-hydrogen) atoms. The van der Waals surface area contributed by atoms with Crippen LogP contribution in [0.3, 0.4) is 0 Å². The van der Waals surface area contributed by atoms with Crippen molar-refractivity contribution in [2.24, 2.45) is 0 Å². The average molecular weight is 271 g/mol. The van der Waals surface area contributed by atoms with Crippen molar-refractivity contribution in [2.75, 3.05) is 0 Å². The molecule has 1 atom stereocenters. The van der Waals surface area contributed by atoms with Crippen molar-refractivity contribution in [1.82, 2.24) is 4.98 Å². The summed E-state index contributed by atoms with van der Waals surface area (Å²) in [5.41, 5.74) is 3.48. The molecule has 0 bridgehead atoms. The van der Waals surface area contributed by atoms with E-state index in [1.807, 2.05) is 6.07 Å². The van der Waals surface area contributed by atoms with Gasteiger partial charge in [-0.2, -0.15) is 0 Å². The normalized spacial score (nSPS) is 21.9. The Balaban J connectivity index is 2.18. The Morgan fingerprint density at radius 1 is 1.40 bits per heavy atom. The highest BCUT2D eigenvalue weighted by Crippen LogP contribution is 2.45. The number of rotatable bonds is 4. The van der Waals surface area contributed by atoms with Crippen LogP contribution in [0.15, 0.2) is 24.3 Å². The van der Waals surface area contributed by atoms with Crippen molar-refractivity contribution in [3.63, 3.8) is 0 Å². The first-order chi connectivity index (χ1) is 9.66. The van der Waals surface area contributed by atoms with Crippen LogP contribution < -0.4 is 0 Å². The molecule has 1 aliphatic carbocycles. The van der Waals surface area contributed by atoms with Gasteiger partial charge in [0, 0.05) is 22.0 Å². The maximum absolute atomic E-state index is 11.4. The Kier molecular flexibility index (Phi) is 3.28. The summed E-state index contributed by atoms with van der Waals surface area (Å²) in [6.45, 7) is 2.14. The van der Waals surface area contributed by atoms with Crippen LogP contribution in [-0.2, 0) is 16.6 Å². The Labute approximate surface area is 119 Å². The molecular formula is C17H21NO2. The largest absolute Gasteiger partial charge is 0.481 e. The molecule has 3 heteroatoms. The average Bonchev–Trinajstić information content (AvgIpc) is 2.79. The third-order valence-electron chi connectivity index (χ3n) is 4.64. The summed E-state index contributed by atoms with van der Waals surface area (Å²) >= 11 is 0. The molecule has 2 N–H and O–H groups in total. The van der Waals surface area contributed by atoms with Gasteiger partial charge in [0.25, 0.3) is 0 Å². The lowest BCUT2D eigenvalue weighted by Gasteiger charge is -2.36. The van der Waals surface area contributed by atoms with E-state index in [2.05, 4.69) is 30.1 Å². The fourth-order valence-electron chi connectivity index (χ4n) is 3.92. The Bertz CT molecular complexity index is 643. The van der Waals surface area contributed by atoms with E-state index in [4.69, 9.17) is 0 Å². The number of aliphatic carboxylic acids is 1. The number of aromatic amines is 1. The first-order valence-corrected chi connectivity index (χ1v) is 7.48. The van der Waals surface area contributed by atoms with Crippen molar-refractivity contribution in [2.45, 2.75) is 50.9 Å². The van der Waals surface area contributed by atoms with E-state index in [-0.39, 0.29) is 11.8 Å². The van der Waals surface area contributed by atoms with E-state index >= 15 is 0 Å². The number of nitrogens with one attached hydrogen (secondary N) is 1. The van der Waals surface area contributed by atoms with Gasteiger partial charge in [0.05, 0.1) is 6.42 Å². The van der Waals surface area contributed by atoms with Gasteiger partial charge >= 0.3 is 5.97 Å². The zero-order valence-electron chi connectivity index (χ0n) is 11.9. The second kappa shape index (κ2) is 4.97. The summed E-state index contributed by atoms with van der Waals surface area (Å²) in [5, 5.41) is 10.6. The number of hydrogen-bond donors (Lipinski definition) is 2. The van der Waals surface area contributed by atoms with Crippen LogP contribution in [0.4, 0.5) is 0 Å². The number of fused-ring (bicyclic) bond motifs is 3. The molecule has 106 valence electrons. The van der Waals surface area contributed by atoms with Gasteiger partial charge in [0.2, 0.25) is 0 Å². The van der Waals surface area contributed by atoms with Crippen LogP contribution >= 0.6 is 0 Å². The van der Waals surface area contributed by atoms with E-state index in [1.165, 1.54) is 16.6 Å². The molecule has 0 fully saturated rings. The van der Waals surface area contributed by atoms with Crippen molar-refractivity contribution >= 4 is 16.9 Å². The first kappa shape index (κ1) is 13.2. The molecule has 0 saturated heterocycles. The number of H-pyrrole nitrogens is 1. The molecule has 1 heterocycles. The molecule has 1 aliphatic rings. The number of para-hydroxylation sites is 1. The van der Waals surface area contributed by atoms with Crippen LogP contribution in [0.25, 0.3) is 10.9 Å². The van der Waals surface area contributed by atoms with Crippen LogP contribution in [0, 0.1) is 0 Å². The van der Waals surface area contributed by atoms with Gasteiger partial charge in [0.15, 0.2) is 0 Å². The number of carboxylic acid groups (broad SMARTS) is 1. The predicted octanol–water partition coefficient (Wildman–Crippen LogP) is 4.02. The molecule has 0 amide bonds. The smallest absolute Gasteiger partial charge is 0.304 e. The second-order valence-corrected chi connectivity index (χ2v) is 5.98. The molecule has 1 aromatic heterocycles. The highest BCUT2D eigenvalue weighted by atomic mass is 16.4. The lowest BCUT2D eigenvalue weighted by Crippen LogP contribution is -2.33. The number of carboxylic acids is 1. The van der Waals surface area contributed by atoms with E-state index in [1.54, 1.807) is 0 Å². The number of benzene rings is 1. The van der Waals surface area contributed by atoms with Gasteiger partial charge in [-0.1, -0.05) is 31.5 Å². The van der Waals surface area contributed by atoms with Crippen LogP contribution in [0.5, 0.6) is 0 Å². The molecular weight excluding hydrogens is 250 g/mol. The molecule has 2 aromatic rings. The van der Waals surface area contributed by atoms with E-state index in [0.29, 0.717) is 0 Å². The third kappa shape index (κ3) is 2.01. The van der Waals surface area contributed by atoms with Crippen LogP contribution in [0.2, 0.25) is 0 Å². The minimum Gasteiger partial charge on any atom is -0.481 e. The van der Waals surface area contributed by atoms with E-state index in [9.17, 15) is 9.90 Å². The standard InChI is InChI=1S/C17H21NO2/c1-2-9-17(11-15(19)20)10-5-7-13-12-6-3-4-8-14(12)18-16(13)17/h3-4,6,8,18H,2,5,7,9-11H2,1H3,(H,19,20)/t17-/m1/s1.